The Balaban J connectivity index is 1.59. The number of benzene rings is 1. The van der Waals surface area contributed by atoms with Crippen LogP contribution >= 0.6 is 11.3 Å². The van der Waals surface area contributed by atoms with E-state index < -0.39 is 0 Å². The lowest BCUT2D eigenvalue weighted by Gasteiger charge is -2.25. The van der Waals surface area contributed by atoms with E-state index in [1.54, 1.807) is 11.3 Å². The summed E-state index contributed by atoms with van der Waals surface area (Å²) in [6.45, 7) is 3.29. The largest absolute Gasteiger partial charge is 0.350 e. The second-order valence-electron chi connectivity index (χ2n) is 4.97. The lowest BCUT2D eigenvalue weighted by molar-refractivity contribution is -0.123. The van der Waals surface area contributed by atoms with Crippen molar-refractivity contribution in [3.8, 4) is 0 Å². The van der Waals surface area contributed by atoms with Crippen molar-refractivity contribution < 1.29 is 4.79 Å². The smallest absolute Gasteiger partial charge is 0.237 e. The Kier molecular flexibility index (Phi) is 3.80. The number of rotatable bonds is 3. The van der Waals surface area contributed by atoms with Gasteiger partial charge in [-0.25, -0.2) is 4.98 Å². The summed E-state index contributed by atoms with van der Waals surface area (Å²) in [5.74, 6) is 0.0607. The number of fused-ring (bicyclic) bond motifs is 1. The van der Waals surface area contributed by atoms with E-state index in [2.05, 4.69) is 27.8 Å². The maximum Gasteiger partial charge on any atom is 0.237 e. The number of nitrogens with one attached hydrogen (secondary N) is 2. The quantitative estimate of drug-likeness (QED) is 0.905. The van der Waals surface area contributed by atoms with Gasteiger partial charge in [-0.2, -0.15) is 0 Å². The summed E-state index contributed by atoms with van der Waals surface area (Å²) in [7, 11) is 0. The van der Waals surface area contributed by atoms with Gasteiger partial charge in [0, 0.05) is 17.6 Å². The molecule has 1 aliphatic heterocycles. The molecule has 5 heteroatoms. The maximum absolute atomic E-state index is 12.2. The van der Waals surface area contributed by atoms with Crippen LogP contribution in [-0.4, -0.2) is 16.9 Å². The average Bonchev–Trinajstić information content (AvgIpc) is 2.90. The van der Waals surface area contributed by atoms with Crippen LogP contribution in [0.3, 0.4) is 0 Å². The third-order valence-electron chi connectivity index (χ3n) is 3.50. The standard InChI is InChI=1S/C15H17N3OS/c1-10-16-8-13(20-10)9-18-15(19)14-6-11-4-2-3-5-12(11)7-17-14/h2-5,8,14,17H,6-7,9H2,1H3,(H,18,19)/t14-/m0/s1. The van der Waals surface area contributed by atoms with Gasteiger partial charge in [-0.15, -0.1) is 11.3 Å². The van der Waals surface area contributed by atoms with Gasteiger partial charge in [0.15, 0.2) is 0 Å². The molecule has 1 amide bonds. The summed E-state index contributed by atoms with van der Waals surface area (Å²) < 4.78 is 0. The highest BCUT2D eigenvalue weighted by Crippen LogP contribution is 2.16. The first-order valence-corrected chi connectivity index (χ1v) is 7.53. The van der Waals surface area contributed by atoms with Crippen LogP contribution in [0.2, 0.25) is 0 Å². The molecular weight excluding hydrogens is 270 g/mol. The van der Waals surface area contributed by atoms with Crippen molar-refractivity contribution >= 4 is 17.2 Å². The lowest BCUT2D eigenvalue weighted by atomic mass is 9.95. The number of hydrogen-bond donors (Lipinski definition) is 2. The van der Waals surface area contributed by atoms with Gasteiger partial charge in [0.05, 0.1) is 17.6 Å². The molecule has 3 rings (SSSR count). The molecule has 2 N–H and O–H groups in total. The van der Waals surface area contributed by atoms with Gasteiger partial charge in [-0.3, -0.25) is 4.79 Å². The molecule has 104 valence electrons. The number of carbonyl (C=O) groups excluding carboxylic acids is 1. The number of nitrogens with zero attached hydrogens (tertiary/aromatic N) is 1. The molecule has 1 atom stereocenters. The Bertz CT molecular complexity index is 623. The van der Waals surface area contributed by atoms with E-state index in [4.69, 9.17) is 0 Å². The van der Waals surface area contributed by atoms with Gasteiger partial charge >= 0.3 is 0 Å². The zero-order valence-electron chi connectivity index (χ0n) is 11.3. The van der Waals surface area contributed by atoms with Crippen LogP contribution < -0.4 is 10.6 Å². The van der Waals surface area contributed by atoms with E-state index in [1.807, 2.05) is 25.3 Å². The van der Waals surface area contributed by atoms with Crippen molar-refractivity contribution in [2.75, 3.05) is 0 Å². The molecule has 0 fully saturated rings. The van der Waals surface area contributed by atoms with Gasteiger partial charge in [-0.05, 0) is 24.5 Å². The van der Waals surface area contributed by atoms with Gasteiger partial charge in [0.25, 0.3) is 0 Å². The first-order chi connectivity index (χ1) is 9.72. The fourth-order valence-electron chi connectivity index (χ4n) is 2.42. The van der Waals surface area contributed by atoms with Crippen molar-refractivity contribution in [2.45, 2.75) is 32.5 Å². The van der Waals surface area contributed by atoms with Crippen molar-refractivity contribution in [1.29, 1.82) is 0 Å². The molecule has 1 aromatic heterocycles. The third kappa shape index (κ3) is 2.89. The number of hydrogen-bond acceptors (Lipinski definition) is 4. The SMILES string of the molecule is Cc1ncc(CNC(=O)[C@@H]2Cc3ccccc3CN2)s1. The van der Waals surface area contributed by atoms with Crippen LogP contribution in [0.15, 0.2) is 30.5 Å². The molecule has 2 heterocycles. The van der Waals surface area contributed by atoms with Crippen LogP contribution in [0, 0.1) is 6.92 Å². The Morgan fingerprint density at radius 2 is 2.25 bits per heavy atom. The maximum atomic E-state index is 12.2. The number of aryl methyl sites for hydroxylation is 1. The van der Waals surface area contributed by atoms with E-state index >= 15 is 0 Å². The predicted molar refractivity (Wildman–Crippen MR) is 79.5 cm³/mol. The molecule has 0 spiro atoms. The molecule has 1 aliphatic rings. The summed E-state index contributed by atoms with van der Waals surface area (Å²) in [4.78, 5) is 17.5. The van der Waals surface area contributed by atoms with Crippen LogP contribution in [0.4, 0.5) is 0 Å². The summed E-state index contributed by atoms with van der Waals surface area (Å²) in [6, 6.07) is 8.13. The minimum absolute atomic E-state index is 0.0607. The van der Waals surface area contributed by atoms with Gasteiger partial charge in [0.2, 0.25) is 5.91 Å². The minimum atomic E-state index is -0.140. The molecule has 0 unspecified atom stereocenters. The van der Waals surface area contributed by atoms with Crippen molar-refractivity contribution in [3.63, 3.8) is 0 Å². The molecular formula is C15H17N3OS. The van der Waals surface area contributed by atoms with E-state index in [9.17, 15) is 4.79 Å². The highest BCUT2D eigenvalue weighted by atomic mass is 32.1. The summed E-state index contributed by atoms with van der Waals surface area (Å²) in [5.41, 5.74) is 2.55. The predicted octanol–water partition coefficient (Wildman–Crippen LogP) is 1.78. The van der Waals surface area contributed by atoms with Crippen molar-refractivity contribution in [1.82, 2.24) is 15.6 Å². The van der Waals surface area contributed by atoms with Gasteiger partial charge in [0.1, 0.15) is 0 Å². The molecule has 0 saturated heterocycles. The lowest BCUT2D eigenvalue weighted by Crippen LogP contribution is -2.47. The van der Waals surface area contributed by atoms with E-state index in [0.717, 1.165) is 22.9 Å². The van der Waals surface area contributed by atoms with E-state index in [-0.39, 0.29) is 11.9 Å². The Labute approximate surface area is 122 Å². The highest BCUT2D eigenvalue weighted by molar-refractivity contribution is 7.11. The van der Waals surface area contributed by atoms with E-state index in [0.29, 0.717) is 6.54 Å². The van der Waals surface area contributed by atoms with Crippen LogP contribution in [-0.2, 0) is 24.3 Å². The van der Waals surface area contributed by atoms with Gasteiger partial charge < -0.3 is 10.6 Å². The number of amides is 1. The summed E-state index contributed by atoms with van der Waals surface area (Å²) in [6.07, 6.45) is 2.58. The molecule has 0 saturated carbocycles. The zero-order valence-corrected chi connectivity index (χ0v) is 12.2. The molecule has 0 aliphatic carbocycles. The van der Waals surface area contributed by atoms with E-state index in [1.165, 1.54) is 11.1 Å². The number of aromatic nitrogens is 1. The topological polar surface area (TPSA) is 54.0 Å². The number of thiazole rings is 1. The molecule has 20 heavy (non-hydrogen) atoms. The molecule has 0 bridgehead atoms. The fourth-order valence-corrected chi connectivity index (χ4v) is 3.16. The monoisotopic (exact) mass is 287 g/mol. The first-order valence-electron chi connectivity index (χ1n) is 6.71. The van der Waals surface area contributed by atoms with Crippen LogP contribution in [0.25, 0.3) is 0 Å². The third-order valence-corrected chi connectivity index (χ3v) is 4.42. The minimum Gasteiger partial charge on any atom is -0.350 e. The Hall–Kier alpha value is -1.72. The second kappa shape index (κ2) is 5.73. The molecule has 4 nitrogen and oxygen atoms in total. The number of carbonyl (C=O) groups is 1. The Morgan fingerprint density at radius 3 is 3.00 bits per heavy atom. The first kappa shape index (κ1) is 13.3. The fraction of sp³-hybridized carbons (Fsp3) is 0.333. The second-order valence-corrected chi connectivity index (χ2v) is 6.29. The van der Waals surface area contributed by atoms with Gasteiger partial charge in [-0.1, -0.05) is 24.3 Å². The summed E-state index contributed by atoms with van der Waals surface area (Å²) >= 11 is 1.62. The molecule has 1 aromatic carbocycles. The average molecular weight is 287 g/mol. The van der Waals surface area contributed by atoms with Crippen LogP contribution in [0.1, 0.15) is 21.0 Å². The molecule has 2 aromatic rings. The Morgan fingerprint density at radius 1 is 1.45 bits per heavy atom. The molecule has 0 radical (unpaired) electrons. The zero-order chi connectivity index (χ0) is 13.9. The van der Waals surface area contributed by atoms with Crippen LogP contribution in [0.5, 0.6) is 0 Å². The highest BCUT2D eigenvalue weighted by Gasteiger charge is 2.23. The normalized spacial score (nSPS) is 17.6. The van der Waals surface area contributed by atoms with Crippen molar-refractivity contribution in [2.24, 2.45) is 0 Å². The summed E-state index contributed by atoms with van der Waals surface area (Å²) in [5, 5.41) is 7.30. The van der Waals surface area contributed by atoms with Crippen molar-refractivity contribution in [3.05, 3.63) is 51.5 Å².